The molecule has 0 aliphatic heterocycles. The molecule has 2 unspecified atom stereocenters. The molecule has 3 rings (SSSR count). The Bertz CT molecular complexity index is 1170. The zero-order valence-electron chi connectivity index (χ0n) is 22.5. The summed E-state index contributed by atoms with van der Waals surface area (Å²) in [5.74, 6) is -0.427. The molecule has 2 aromatic heterocycles. The van der Waals surface area contributed by atoms with Crippen molar-refractivity contribution in [2.45, 2.75) is 53.2 Å². The molecule has 6 N–H and O–H groups in total. The minimum absolute atomic E-state index is 0.105. The molecule has 206 valence electrons. The monoisotopic (exact) mass is 572 g/mol. The SMILES string of the molecule is CC.CC.CC=N/C(=C(/Cl)CN)C(N)c1cc2cc(F)cc(-c3cc(C(C)(O)CO)ccn3)c2s1.CCl. The first kappa shape index (κ1) is 35.1. The lowest BCUT2D eigenvalue weighted by atomic mass is 9.96. The Morgan fingerprint density at radius 1 is 1.22 bits per heavy atom. The molecule has 2 atom stereocenters. The number of thiophene rings is 1. The van der Waals surface area contributed by atoms with Gasteiger partial charge in [-0.15, -0.1) is 22.9 Å². The second-order valence-corrected chi connectivity index (χ2v) is 8.78. The molecule has 1 aromatic carbocycles. The molecule has 0 aliphatic carbocycles. The van der Waals surface area contributed by atoms with Gasteiger partial charge in [0.1, 0.15) is 11.4 Å². The zero-order valence-corrected chi connectivity index (χ0v) is 24.8. The van der Waals surface area contributed by atoms with E-state index in [1.165, 1.54) is 43.0 Å². The number of aromatic nitrogens is 1. The van der Waals surface area contributed by atoms with E-state index in [1.807, 2.05) is 27.7 Å². The third-order valence-electron chi connectivity index (χ3n) is 4.89. The average molecular weight is 574 g/mol. The summed E-state index contributed by atoms with van der Waals surface area (Å²) in [5.41, 5.74) is 12.6. The number of alkyl halides is 1. The number of hydrogen-bond acceptors (Lipinski definition) is 7. The summed E-state index contributed by atoms with van der Waals surface area (Å²) in [7, 11) is 0. The van der Waals surface area contributed by atoms with E-state index >= 15 is 0 Å². The first-order valence-corrected chi connectivity index (χ1v) is 13.9. The van der Waals surface area contributed by atoms with Crippen molar-refractivity contribution < 1.29 is 14.6 Å². The van der Waals surface area contributed by atoms with E-state index < -0.39 is 24.1 Å². The number of fused-ring (bicyclic) bond motifs is 1. The van der Waals surface area contributed by atoms with Crippen LogP contribution in [0.15, 0.2) is 52.3 Å². The van der Waals surface area contributed by atoms with Crippen LogP contribution >= 0.6 is 34.5 Å². The second kappa shape index (κ2) is 17.6. The van der Waals surface area contributed by atoms with Gasteiger partial charge in [-0.25, -0.2) is 4.39 Å². The molecule has 3 aromatic rings. The standard InChI is InChI=1S/C22H24ClFN4O2S.2C2H6.CH3Cl/c1-3-27-20(16(23)10-25)19(26)18-7-12-6-14(24)9-15(21(12)31-18)17-8-13(4-5-28-17)22(2,30)11-29;3*1-2/h3-9,19,29-30H,10-11,25-26H2,1-2H3;2*1-2H3;1H3/b20-16+,27-3?;;;. The van der Waals surface area contributed by atoms with Crippen LogP contribution in [0.4, 0.5) is 4.39 Å². The molecule has 0 radical (unpaired) electrons. The largest absolute Gasteiger partial charge is 0.393 e. The summed E-state index contributed by atoms with van der Waals surface area (Å²) in [4.78, 5) is 9.37. The van der Waals surface area contributed by atoms with Crippen molar-refractivity contribution in [3.05, 3.63) is 63.5 Å². The smallest absolute Gasteiger partial charge is 0.124 e. The summed E-state index contributed by atoms with van der Waals surface area (Å²) < 4.78 is 15.2. The molecule has 0 fully saturated rings. The fourth-order valence-corrected chi connectivity index (χ4v) is 4.52. The van der Waals surface area contributed by atoms with E-state index in [1.54, 1.807) is 31.3 Å². The first-order valence-electron chi connectivity index (χ1n) is 12.0. The Hall–Kier alpha value is -1.91. The van der Waals surface area contributed by atoms with Crippen molar-refractivity contribution in [2.24, 2.45) is 16.5 Å². The van der Waals surface area contributed by atoms with Crippen LogP contribution in [-0.2, 0) is 5.60 Å². The van der Waals surface area contributed by atoms with Gasteiger partial charge in [0, 0.05) is 40.5 Å². The number of pyridine rings is 1. The molecular formula is C27H39Cl2FN4O2S. The van der Waals surface area contributed by atoms with E-state index in [9.17, 15) is 14.6 Å². The average Bonchev–Trinajstić information content (AvgIpc) is 3.38. The Labute approximate surface area is 233 Å². The maximum atomic E-state index is 14.4. The lowest BCUT2D eigenvalue weighted by molar-refractivity contribution is -0.00230. The summed E-state index contributed by atoms with van der Waals surface area (Å²) >= 11 is 12.3. The van der Waals surface area contributed by atoms with Gasteiger partial charge in [-0.1, -0.05) is 39.3 Å². The van der Waals surface area contributed by atoms with Crippen LogP contribution in [0, 0.1) is 5.82 Å². The van der Waals surface area contributed by atoms with E-state index in [-0.39, 0.29) is 6.54 Å². The Morgan fingerprint density at radius 2 is 1.84 bits per heavy atom. The van der Waals surface area contributed by atoms with E-state index in [0.29, 0.717) is 32.9 Å². The molecule has 37 heavy (non-hydrogen) atoms. The van der Waals surface area contributed by atoms with Gasteiger partial charge in [0.05, 0.1) is 29.1 Å². The molecule has 0 saturated carbocycles. The fraction of sp³-hybridized carbons (Fsp3) is 0.407. The molecule has 0 amide bonds. The number of aliphatic hydroxyl groups excluding tert-OH is 1. The maximum absolute atomic E-state index is 14.4. The van der Waals surface area contributed by atoms with Gasteiger partial charge in [0.2, 0.25) is 0 Å². The number of nitrogens with two attached hydrogens (primary N) is 2. The van der Waals surface area contributed by atoms with Crippen molar-refractivity contribution >= 4 is 50.8 Å². The molecule has 6 nitrogen and oxygen atoms in total. The lowest BCUT2D eigenvalue weighted by Gasteiger charge is -2.21. The third-order valence-corrected chi connectivity index (χ3v) is 6.51. The van der Waals surface area contributed by atoms with Crippen LogP contribution in [-0.4, -0.2) is 40.9 Å². The highest BCUT2D eigenvalue weighted by Gasteiger charge is 2.24. The molecule has 2 heterocycles. The Morgan fingerprint density at radius 3 is 2.38 bits per heavy atom. The van der Waals surface area contributed by atoms with Gasteiger partial charge >= 0.3 is 0 Å². The number of halogens is 3. The van der Waals surface area contributed by atoms with Crippen molar-refractivity contribution in [1.82, 2.24) is 4.98 Å². The van der Waals surface area contributed by atoms with E-state index in [0.717, 1.165) is 9.58 Å². The van der Waals surface area contributed by atoms with Gasteiger partial charge in [-0.3, -0.25) is 9.98 Å². The van der Waals surface area contributed by atoms with Crippen LogP contribution < -0.4 is 11.5 Å². The zero-order chi connectivity index (χ0) is 28.8. The molecular weight excluding hydrogens is 534 g/mol. The second-order valence-electron chi connectivity index (χ2n) is 7.24. The molecule has 0 bridgehead atoms. The maximum Gasteiger partial charge on any atom is 0.124 e. The van der Waals surface area contributed by atoms with Crippen LogP contribution in [0.5, 0.6) is 0 Å². The number of rotatable bonds is 7. The van der Waals surface area contributed by atoms with Gasteiger partial charge in [-0.05, 0) is 55.1 Å². The summed E-state index contributed by atoms with van der Waals surface area (Å²) in [6.07, 6.45) is 4.58. The third kappa shape index (κ3) is 9.11. The normalized spacial score (nSPS) is 13.8. The van der Waals surface area contributed by atoms with Crippen molar-refractivity contribution in [3.8, 4) is 11.3 Å². The van der Waals surface area contributed by atoms with Gasteiger partial charge in [0.15, 0.2) is 0 Å². The molecule has 0 aliphatic rings. The van der Waals surface area contributed by atoms with Crippen molar-refractivity contribution in [2.75, 3.05) is 19.5 Å². The van der Waals surface area contributed by atoms with E-state index in [4.69, 9.17) is 23.1 Å². The van der Waals surface area contributed by atoms with Gasteiger partial charge < -0.3 is 21.7 Å². The van der Waals surface area contributed by atoms with Crippen LogP contribution in [0.3, 0.4) is 0 Å². The predicted molar refractivity (Wildman–Crippen MR) is 159 cm³/mol. The van der Waals surface area contributed by atoms with Gasteiger partial charge in [0.25, 0.3) is 0 Å². The highest BCUT2D eigenvalue weighted by Crippen LogP contribution is 2.39. The molecule has 0 spiro atoms. The first-order chi connectivity index (χ1) is 17.7. The fourth-order valence-electron chi connectivity index (χ4n) is 3.18. The lowest BCUT2D eigenvalue weighted by Crippen LogP contribution is -2.25. The molecule has 10 heteroatoms. The Balaban J connectivity index is 0.00000201. The summed E-state index contributed by atoms with van der Waals surface area (Å²) in [6.45, 7) is 10.9. The van der Waals surface area contributed by atoms with Crippen LogP contribution in [0.2, 0.25) is 0 Å². The van der Waals surface area contributed by atoms with Crippen LogP contribution in [0.1, 0.15) is 58.0 Å². The number of aliphatic imine (C=N–C) groups is 1. The highest BCUT2D eigenvalue weighted by atomic mass is 35.5. The molecule has 0 saturated heterocycles. The van der Waals surface area contributed by atoms with E-state index in [2.05, 4.69) is 21.6 Å². The predicted octanol–water partition coefficient (Wildman–Crippen LogP) is 6.71. The van der Waals surface area contributed by atoms with Crippen molar-refractivity contribution in [1.29, 1.82) is 0 Å². The van der Waals surface area contributed by atoms with Crippen LogP contribution in [0.25, 0.3) is 21.3 Å². The topological polar surface area (TPSA) is 118 Å². The quantitative estimate of drug-likeness (QED) is 0.185. The highest BCUT2D eigenvalue weighted by molar-refractivity contribution is 7.19. The Kier molecular flexibility index (Phi) is 16.7. The minimum atomic E-state index is -1.44. The summed E-state index contributed by atoms with van der Waals surface area (Å²) in [6, 6.07) is 7.24. The number of aliphatic hydroxyl groups is 2. The summed E-state index contributed by atoms with van der Waals surface area (Å²) in [5, 5.41) is 20.9. The number of hydrogen-bond donors (Lipinski definition) is 4. The van der Waals surface area contributed by atoms with Crippen molar-refractivity contribution in [3.63, 3.8) is 0 Å². The minimum Gasteiger partial charge on any atom is -0.393 e. The number of benzene rings is 1. The number of nitrogens with zero attached hydrogens (tertiary/aromatic N) is 2. The van der Waals surface area contributed by atoms with Gasteiger partial charge in [-0.2, -0.15) is 0 Å².